The maximum atomic E-state index is 12.7. The van der Waals surface area contributed by atoms with Gasteiger partial charge in [-0.1, -0.05) is 30.3 Å². The zero-order valence-corrected chi connectivity index (χ0v) is 12.2. The van der Waals surface area contributed by atoms with Crippen LogP contribution in [0, 0.1) is 0 Å². The molecular formula is C14H17F3N2OS. The molecule has 0 bridgehead atoms. The minimum atomic E-state index is -4.40. The van der Waals surface area contributed by atoms with E-state index < -0.39 is 24.7 Å². The molecule has 2 rings (SSSR count). The fraction of sp³-hybridized carbons (Fsp3) is 0.500. The van der Waals surface area contributed by atoms with Crippen molar-refractivity contribution in [3.05, 3.63) is 35.9 Å². The second-order valence-electron chi connectivity index (χ2n) is 4.88. The Kier molecular flexibility index (Phi) is 5.52. The highest BCUT2D eigenvalue weighted by molar-refractivity contribution is 7.99. The van der Waals surface area contributed by atoms with Crippen LogP contribution in [0.5, 0.6) is 0 Å². The average Bonchev–Trinajstić information content (AvgIpc) is 2.46. The van der Waals surface area contributed by atoms with Gasteiger partial charge >= 0.3 is 6.18 Å². The number of thioether (sulfide) groups is 1. The van der Waals surface area contributed by atoms with Crippen molar-refractivity contribution < 1.29 is 18.0 Å². The molecule has 0 saturated carbocycles. The smallest absolute Gasteiger partial charge is 0.328 e. The minimum absolute atomic E-state index is 0.0258. The lowest BCUT2D eigenvalue weighted by Gasteiger charge is -2.30. The molecule has 1 unspecified atom stereocenters. The Morgan fingerprint density at radius 2 is 2.05 bits per heavy atom. The first kappa shape index (κ1) is 16.2. The molecule has 3 nitrogen and oxygen atoms in total. The van der Waals surface area contributed by atoms with Crippen LogP contribution in [0.2, 0.25) is 0 Å². The van der Waals surface area contributed by atoms with Gasteiger partial charge in [0.1, 0.15) is 6.54 Å². The van der Waals surface area contributed by atoms with E-state index in [2.05, 4.69) is 5.32 Å². The Morgan fingerprint density at radius 3 is 2.62 bits per heavy atom. The fourth-order valence-electron chi connectivity index (χ4n) is 2.18. The van der Waals surface area contributed by atoms with Gasteiger partial charge in [0.15, 0.2) is 0 Å². The number of alkyl halides is 3. The number of amides is 1. The van der Waals surface area contributed by atoms with E-state index in [9.17, 15) is 18.0 Å². The van der Waals surface area contributed by atoms with Gasteiger partial charge in [0.2, 0.25) is 5.91 Å². The lowest BCUT2D eigenvalue weighted by atomic mass is 10.2. The van der Waals surface area contributed by atoms with Crippen LogP contribution >= 0.6 is 11.8 Å². The average molecular weight is 318 g/mol. The zero-order valence-electron chi connectivity index (χ0n) is 11.4. The molecule has 1 heterocycles. The lowest BCUT2D eigenvalue weighted by Crippen LogP contribution is -2.52. The molecule has 1 saturated heterocycles. The van der Waals surface area contributed by atoms with Crippen LogP contribution in [-0.2, 0) is 11.3 Å². The van der Waals surface area contributed by atoms with Crippen LogP contribution in [0.1, 0.15) is 5.56 Å². The summed E-state index contributed by atoms with van der Waals surface area (Å²) in [5.74, 6) is 0.910. The van der Waals surface area contributed by atoms with Crippen molar-refractivity contribution in [2.24, 2.45) is 0 Å². The van der Waals surface area contributed by atoms with E-state index in [1.54, 1.807) is 42.1 Å². The van der Waals surface area contributed by atoms with Crippen molar-refractivity contribution in [3.8, 4) is 0 Å². The lowest BCUT2D eigenvalue weighted by molar-refractivity contribution is -0.163. The fourth-order valence-corrected chi connectivity index (χ4v) is 3.10. The maximum absolute atomic E-state index is 12.7. The molecule has 1 amide bonds. The minimum Gasteiger partial charge on any atom is -0.328 e. The summed E-state index contributed by atoms with van der Waals surface area (Å²) in [6.07, 6.45) is -4.40. The Hall–Kier alpha value is -1.21. The van der Waals surface area contributed by atoms with Gasteiger partial charge in [0.05, 0.1) is 6.04 Å². The van der Waals surface area contributed by atoms with Crippen molar-refractivity contribution in [1.82, 2.24) is 10.2 Å². The predicted octanol–water partition coefficient (Wildman–Crippen LogP) is 2.28. The molecule has 1 fully saturated rings. The van der Waals surface area contributed by atoms with E-state index in [1.165, 1.54) is 0 Å². The quantitative estimate of drug-likeness (QED) is 0.924. The number of hydrogen-bond acceptors (Lipinski definition) is 3. The first-order valence-corrected chi connectivity index (χ1v) is 7.82. The SMILES string of the molecule is O=C(C1CSCCN1)N(Cc1ccccc1)CC(F)(F)F. The van der Waals surface area contributed by atoms with Crippen molar-refractivity contribution >= 4 is 17.7 Å². The Bertz CT molecular complexity index is 461. The summed E-state index contributed by atoms with van der Waals surface area (Å²) in [4.78, 5) is 13.2. The molecule has 1 aliphatic rings. The standard InChI is InChI=1S/C14H17F3N2OS/c15-14(16,17)10-19(8-11-4-2-1-3-5-11)13(20)12-9-21-7-6-18-12/h1-5,12,18H,6-10H2. The molecule has 1 aromatic carbocycles. The molecule has 0 spiro atoms. The number of carbonyl (C=O) groups excluding carboxylic acids is 1. The summed E-state index contributed by atoms with van der Waals surface area (Å²) >= 11 is 1.58. The van der Waals surface area contributed by atoms with Gasteiger partial charge in [-0.05, 0) is 5.56 Å². The number of halogens is 3. The molecule has 0 radical (unpaired) electrons. The predicted molar refractivity (Wildman–Crippen MR) is 77.0 cm³/mol. The number of rotatable bonds is 4. The number of benzene rings is 1. The Morgan fingerprint density at radius 1 is 1.33 bits per heavy atom. The van der Waals surface area contributed by atoms with Crippen molar-refractivity contribution in [3.63, 3.8) is 0 Å². The third-order valence-corrected chi connectivity index (χ3v) is 4.18. The van der Waals surface area contributed by atoms with E-state index >= 15 is 0 Å². The van der Waals surface area contributed by atoms with Crippen molar-refractivity contribution in [1.29, 1.82) is 0 Å². The Labute approximate surface area is 125 Å². The van der Waals surface area contributed by atoms with Crippen LogP contribution in [0.25, 0.3) is 0 Å². The normalized spacial score (nSPS) is 19.3. The van der Waals surface area contributed by atoms with E-state index in [0.29, 0.717) is 17.9 Å². The summed E-state index contributed by atoms with van der Waals surface area (Å²) in [5, 5.41) is 2.99. The molecular weight excluding hydrogens is 301 g/mol. The van der Waals surface area contributed by atoms with E-state index in [4.69, 9.17) is 0 Å². The van der Waals surface area contributed by atoms with E-state index in [0.717, 1.165) is 10.7 Å². The van der Waals surface area contributed by atoms with Crippen molar-refractivity contribution in [2.75, 3.05) is 24.6 Å². The largest absolute Gasteiger partial charge is 0.406 e. The summed E-state index contributed by atoms with van der Waals surface area (Å²) < 4.78 is 38.1. The summed E-state index contributed by atoms with van der Waals surface area (Å²) in [7, 11) is 0. The first-order chi connectivity index (χ1) is 9.96. The summed E-state index contributed by atoms with van der Waals surface area (Å²) in [5.41, 5.74) is 0.693. The molecule has 1 N–H and O–H groups in total. The number of nitrogens with one attached hydrogen (secondary N) is 1. The number of nitrogens with zero attached hydrogens (tertiary/aromatic N) is 1. The van der Waals surface area contributed by atoms with Crippen LogP contribution < -0.4 is 5.32 Å². The topological polar surface area (TPSA) is 32.3 Å². The monoisotopic (exact) mass is 318 g/mol. The summed E-state index contributed by atoms with van der Waals surface area (Å²) in [6, 6.07) is 8.20. The molecule has 21 heavy (non-hydrogen) atoms. The second kappa shape index (κ2) is 7.17. The van der Waals surface area contributed by atoms with Crippen LogP contribution in [-0.4, -0.2) is 47.6 Å². The Balaban J connectivity index is 2.09. The third-order valence-electron chi connectivity index (χ3n) is 3.12. The zero-order chi connectivity index (χ0) is 15.3. The van der Waals surface area contributed by atoms with Crippen molar-refractivity contribution in [2.45, 2.75) is 18.8 Å². The number of carbonyl (C=O) groups is 1. The van der Waals surface area contributed by atoms with Crippen LogP contribution in [0.3, 0.4) is 0 Å². The molecule has 1 atom stereocenters. The molecule has 0 aliphatic carbocycles. The maximum Gasteiger partial charge on any atom is 0.406 e. The van der Waals surface area contributed by atoms with E-state index in [1.807, 2.05) is 0 Å². The van der Waals surface area contributed by atoms with Gasteiger partial charge in [-0.25, -0.2) is 0 Å². The summed E-state index contributed by atoms with van der Waals surface area (Å²) in [6.45, 7) is -0.599. The van der Waals surface area contributed by atoms with Gasteiger partial charge < -0.3 is 10.2 Å². The van der Waals surface area contributed by atoms with Gasteiger partial charge in [0.25, 0.3) is 0 Å². The van der Waals surface area contributed by atoms with Gasteiger partial charge in [0, 0.05) is 24.6 Å². The highest BCUT2D eigenvalue weighted by atomic mass is 32.2. The third kappa shape index (κ3) is 5.24. The molecule has 0 aromatic heterocycles. The van der Waals surface area contributed by atoms with E-state index in [-0.39, 0.29) is 6.54 Å². The highest BCUT2D eigenvalue weighted by Gasteiger charge is 2.35. The first-order valence-electron chi connectivity index (χ1n) is 6.66. The van der Waals surface area contributed by atoms with Crippen LogP contribution in [0.4, 0.5) is 13.2 Å². The van der Waals surface area contributed by atoms with Gasteiger partial charge in [-0.2, -0.15) is 24.9 Å². The molecule has 116 valence electrons. The van der Waals surface area contributed by atoms with Gasteiger partial charge in [-0.3, -0.25) is 4.79 Å². The van der Waals surface area contributed by atoms with Crippen LogP contribution in [0.15, 0.2) is 30.3 Å². The highest BCUT2D eigenvalue weighted by Crippen LogP contribution is 2.20. The van der Waals surface area contributed by atoms with Gasteiger partial charge in [-0.15, -0.1) is 0 Å². The molecule has 1 aliphatic heterocycles. The number of hydrogen-bond donors (Lipinski definition) is 1. The molecule has 1 aromatic rings. The molecule has 7 heteroatoms. The second-order valence-corrected chi connectivity index (χ2v) is 6.03.